The van der Waals surface area contributed by atoms with Crippen molar-refractivity contribution in [2.75, 3.05) is 19.8 Å². The second-order valence-corrected chi connectivity index (χ2v) is 6.29. The van der Waals surface area contributed by atoms with Gasteiger partial charge in [-0.05, 0) is 31.0 Å². The molecule has 1 atom stereocenters. The van der Waals surface area contributed by atoms with Gasteiger partial charge in [-0.2, -0.15) is 4.98 Å². The van der Waals surface area contributed by atoms with Crippen LogP contribution in [0.2, 0.25) is 0 Å². The second-order valence-electron chi connectivity index (χ2n) is 6.29. The molecular formula is C18H18N4O4. The zero-order valence-corrected chi connectivity index (χ0v) is 14.1. The molecule has 1 fully saturated rings. The zero-order chi connectivity index (χ0) is 17.3. The minimum atomic E-state index is -0.0729. The molecule has 134 valence electrons. The van der Waals surface area contributed by atoms with E-state index in [1.54, 1.807) is 6.20 Å². The minimum Gasteiger partial charge on any atom is -0.486 e. The number of aromatic nitrogens is 4. The van der Waals surface area contributed by atoms with Gasteiger partial charge in [-0.1, -0.05) is 5.16 Å². The van der Waals surface area contributed by atoms with Gasteiger partial charge in [0.15, 0.2) is 17.3 Å². The maximum Gasteiger partial charge on any atom is 0.255 e. The van der Waals surface area contributed by atoms with E-state index >= 15 is 0 Å². The monoisotopic (exact) mass is 354 g/mol. The molecule has 0 aliphatic carbocycles. The first-order valence-electron chi connectivity index (χ1n) is 8.72. The third-order valence-electron chi connectivity index (χ3n) is 4.52. The smallest absolute Gasteiger partial charge is 0.255 e. The largest absolute Gasteiger partial charge is 0.486 e. The number of fused-ring (bicyclic) bond motifs is 1. The maximum absolute atomic E-state index is 5.66. The molecule has 2 aromatic heterocycles. The van der Waals surface area contributed by atoms with E-state index in [-0.39, 0.29) is 6.10 Å². The topological polar surface area (TPSA) is 84.4 Å². The van der Waals surface area contributed by atoms with Crippen molar-refractivity contribution in [2.45, 2.75) is 25.5 Å². The normalized spacial score (nSPS) is 19.0. The van der Waals surface area contributed by atoms with Gasteiger partial charge in [0.1, 0.15) is 25.1 Å². The molecule has 0 saturated carbocycles. The van der Waals surface area contributed by atoms with Gasteiger partial charge < -0.3 is 23.3 Å². The molecule has 0 unspecified atom stereocenters. The summed E-state index contributed by atoms with van der Waals surface area (Å²) < 4.78 is 24.2. The number of hydrogen-bond donors (Lipinski definition) is 0. The number of benzene rings is 1. The van der Waals surface area contributed by atoms with Crippen LogP contribution in [0.3, 0.4) is 0 Å². The van der Waals surface area contributed by atoms with Crippen LogP contribution in [0.4, 0.5) is 0 Å². The van der Waals surface area contributed by atoms with Crippen molar-refractivity contribution in [3.05, 3.63) is 42.3 Å². The highest BCUT2D eigenvalue weighted by Gasteiger charge is 2.24. The zero-order valence-electron chi connectivity index (χ0n) is 14.1. The Balaban J connectivity index is 1.39. The molecule has 5 rings (SSSR count). The molecule has 1 saturated heterocycles. The number of imidazole rings is 1. The van der Waals surface area contributed by atoms with Gasteiger partial charge in [-0.25, -0.2) is 4.98 Å². The Morgan fingerprint density at radius 2 is 2.04 bits per heavy atom. The van der Waals surface area contributed by atoms with E-state index in [9.17, 15) is 0 Å². The maximum atomic E-state index is 5.66. The summed E-state index contributed by atoms with van der Waals surface area (Å²) in [5.74, 6) is 3.47. The average Bonchev–Trinajstić information content (AvgIpc) is 3.43. The van der Waals surface area contributed by atoms with Gasteiger partial charge in [0.25, 0.3) is 5.89 Å². The fraction of sp³-hybridized carbons (Fsp3) is 0.389. The lowest BCUT2D eigenvalue weighted by Crippen LogP contribution is -2.15. The van der Waals surface area contributed by atoms with E-state index in [1.165, 1.54) is 0 Å². The van der Waals surface area contributed by atoms with E-state index in [0.29, 0.717) is 31.5 Å². The fourth-order valence-corrected chi connectivity index (χ4v) is 3.27. The Bertz CT molecular complexity index is 914. The first kappa shape index (κ1) is 15.4. The van der Waals surface area contributed by atoms with Gasteiger partial charge in [-0.3, -0.25) is 0 Å². The molecule has 4 heterocycles. The van der Waals surface area contributed by atoms with E-state index in [1.807, 2.05) is 29.0 Å². The molecule has 2 aliphatic heterocycles. The van der Waals surface area contributed by atoms with E-state index < -0.39 is 0 Å². The molecule has 26 heavy (non-hydrogen) atoms. The van der Waals surface area contributed by atoms with Crippen LogP contribution in [0.5, 0.6) is 11.5 Å². The SMILES string of the molecule is c1cn(Cc2noc([C@H]3CCCO3)n2)c(-c2ccc3c(c2)OCCO3)n1. The summed E-state index contributed by atoms with van der Waals surface area (Å²) in [6, 6.07) is 5.83. The highest BCUT2D eigenvalue weighted by Crippen LogP contribution is 2.34. The summed E-state index contributed by atoms with van der Waals surface area (Å²) in [6.45, 7) is 2.35. The lowest BCUT2D eigenvalue weighted by molar-refractivity contribution is 0.0835. The molecule has 2 aliphatic rings. The molecule has 0 N–H and O–H groups in total. The molecule has 0 radical (unpaired) electrons. The third-order valence-corrected chi connectivity index (χ3v) is 4.52. The van der Waals surface area contributed by atoms with Crippen molar-refractivity contribution in [1.29, 1.82) is 0 Å². The van der Waals surface area contributed by atoms with Gasteiger partial charge in [0.05, 0.1) is 6.54 Å². The summed E-state index contributed by atoms with van der Waals surface area (Å²) in [7, 11) is 0. The minimum absolute atomic E-state index is 0.0729. The van der Waals surface area contributed by atoms with E-state index in [4.69, 9.17) is 18.7 Å². The van der Waals surface area contributed by atoms with E-state index in [2.05, 4.69) is 15.1 Å². The highest BCUT2D eigenvalue weighted by atomic mass is 16.6. The van der Waals surface area contributed by atoms with Crippen LogP contribution in [-0.4, -0.2) is 39.5 Å². The first-order chi connectivity index (χ1) is 12.9. The average molecular weight is 354 g/mol. The van der Waals surface area contributed by atoms with Crippen LogP contribution >= 0.6 is 0 Å². The number of nitrogens with zero attached hydrogens (tertiary/aromatic N) is 4. The summed E-state index contributed by atoms with van der Waals surface area (Å²) in [5.41, 5.74) is 0.946. The van der Waals surface area contributed by atoms with E-state index in [0.717, 1.165) is 42.3 Å². The van der Waals surface area contributed by atoms with Crippen LogP contribution < -0.4 is 9.47 Å². The number of hydrogen-bond acceptors (Lipinski definition) is 7. The van der Waals surface area contributed by atoms with Crippen molar-refractivity contribution >= 4 is 0 Å². The molecular weight excluding hydrogens is 336 g/mol. The van der Waals surface area contributed by atoms with Crippen molar-refractivity contribution in [3.63, 3.8) is 0 Å². The Hall–Kier alpha value is -2.87. The van der Waals surface area contributed by atoms with Crippen LogP contribution in [0.1, 0.15) is 30.7 Å². The molecule has 0 spiro atoms. The number of ether oxygens (including phenoxy) is 3. The Labute approximate surface area is 149 Å². The molecule has 0 bridgehead atoms. The van der Waals surface area contributed by atoms with Gasteiger partial charge in [0.2, 0.25) is 0 Å². The van der Waals surface area contributed by atoms with Crippen molar-refractivity contribution < 1.29 is 18.7 Å². The van der Waals surface area contributed by atoms with Crippen LogP contribution in [0.15, 0.2) is 35.1 Å². The molecule has 1 aromatic carbocycles. The second kappa shape index (κ2) is 6.45. The van der Waals surface area contributed by atoms with Crippen LogP contribution in [0, 0.1) is 0 Å². The highest BCUT2D eigenvalue weighted by molar-refractivity contribution is 5.62. The van der Waals surface area contributed by atoms with Gasteiger partial charge in [0, 0.05) is 24.6 Å². The number of rotatable bonds is 4. The Morgan fingerprint density at radius 1 is 1.12 bits per heavy atom. The predicted molar refractivity (Wildman–Crippen MR) is 90.0 cm³/mol. The molecule has 8 nitrogen and oxygen atoms in total. The molecule has 3 aromatic rings. The Morgan fingerprint density at radius 3 is 2.92 bits per heavy atom. The van der Waals surface area contributed by atoms with Crippen molar-refractivity contribution in [3.8, 4) is 22.9 Å². The first-order valence-corrected chi connectivity index (χ1v) is 8.72. The quantitative estimate of drug-likeness (QED) is 0.712. The van der Waals surface area contributed by atoms with Gasteiger partial charge in [-0.15, -0.1) is 0 Å². The molecule has 0 amide bonds. The third kappa shape index (κ3) is 2.82. The lowest BCUT2D eigenvalue weighted by atomic mass is 10.2. The molecule has 8 heteroatoms. The summed E-state index contributed by atoms with van der Waals surface area (Å²) in [6.07, 6.45) is 5.53. The summed E-state index contributed by atoms with van der Waals surface area (Å²) in [5, 5.41) is 4.08. The summed E-state index contributed by atoms with van der Waals surface area (Å²) in [4.78, 5) is 8.95. The summed E-state index contributed by atoms with van der Waals surface area (Å²) >= 11 is 0. The van der Waals surface area contributed by atoms with Crippen molar-refractivity contribution in [1.82, 2.24) is 19.7 Å². The van der Waals surface area contributed by atoms with Crippen LogP contribution in [0.25, 0.3) is 11.4 Å². The van der Waals surface area contributed by atoms with Crippen molar-refractivity contribution in [2.24, 2.45) is 0 Å². The lowest BCUT2D eigenvalue weighted by Gasteiger charge is -2.18. The standard InChI is InChI=1S/C18H18N4O4/c1-2-14(23-7-1)18-20-16(21-26-18)11-22-6-5-19-17(22)12-3-4-13-15(10-12)25-9-8-24-13/h3-6,10,14H,1-2,7-9,11H2/t14-/m1/s1. The fourth-order valence-electron chi connectivity index (χ4n) is 3.27. The van der Waals surface area contributed by atoms with Crippen LogP contribution in [-0.2, 0) is 11.3 Å². The predicted octanol–water partition coefficient (Wildman–Crippen LogP) is 2.60. The Kier molecular flexibility index (Phi) is 3.82. The van der Waals surface area contributed by atoms with Gasteiger partial charge >= 0.3 is 0 Å².